The van der Waals surface area contributed by atoms with E-state index >= 15 is 0 Å². The molecule has 2 aliphatic rings. The zero-order chi connectivity index (χ0) is 23.4. The normalized spacial score (nSPS) is 23.6. The van der Waals surface area contributed by atoms with Gasteiger partial charge in [-0.2, -0.15) is 0 Å². The van der Waals surface area contributed by atoms with Crippen molar-refractivity contribution in [3.8, 4) is 11.5 Å². The first-order valence-corrected chi connectivity index (χ1v) is 11.4. The maximum atomic E-state index is 13.1. The van der Waals surface area contributed by atoms with Gasteiger partial charge in [-0.25, -0.2) is 4.79 Å². The van der Waals surface area contributed by atoms with E-state index in [1.54, 1.807) is 31.4 Å². The SMILES string of the molecule is COc1ccc(OC(=O)OC2C(C)(C)c3ccccc3C23CC(C)(C)c2ccccc23)cc1. The van der Waals surface area contributed by atoms with E-state index in [9.17, 15) is 4.79 Å². The molecule has 0 bridgehead atoms. The van der Waals surface area contributed by atoms with Crippen molar-refractivity contribution in [3.05, 3.63) is 95.1 Å². The fourth-order valence-corrected chi connectivity index (χ4v) is 6.26. The minimum absolute atomic E-state index is 0.0500. The Bertz CT molecular complexity index is 1200. The summed E-state index contributed by atoms with van der Waals surface area (Å²) in [7, 11) is 1.60. The van der Waals surface area contributed by atoms with E-state index in [4.69, 9.17) is 14.2 Å². The van der Waals surface area contributed by atoms with Crippen LogP contribution in [0.4, 0.5) is 4.79 Å². The minimum Gasteiger partial charge on any atom is -0.497 e. The highest BCUT2D eigenvalue weighted by Gasteiger charge is 2.64. The molecule has 0 fully saturated rings. The fraction of sp³-hybridized carbons (Fsp3) is 0.345. The van der Waals surface area contributed by atoms with Crippen molar-refractivity contribution >= 4 is 6.16 Å². The van der Waals surface area contributed by atoms with Gasteiger partial charge < -0.3 is 14.2 Å². The Morgan fingerprint density at radius 3 is 1.88 bits per heavy atom. The topological polar surface area (TPSA) is 44.8 Å². The number of methoxy groups -OCH3 is 1. The lowest BCUT2D eigenvalue weighted by atomic mass is 9.70. The van der Waals surface area contributed by atoms with E-state index in [1.165, 1.54) is 22.3 Å². The lowest BCUT2D eigenvalue weighted by Crippen LogP contribution is -2.47. The quantitative estimate of drug-likeness (QED) is 0.341. The summed E-state index contributed by atoms with van der Waals surface area (Å²) in [4.78, 5) is 13.1. The third-order valence-corrected chi connectivity index (χ3v) is 7.54. The summed E-state index contributed by atoms with van der Waals surface area (Å²) in [6, 6.07) is 24.1. The molecule has 0 aromatic heterocycles. The smallest absolute Gasteiger partial charge is 0.497 e. The van der Waals surface area contributed by atoms with Gasteiger partial charge in [-0.05, 0) is 58.4 Å². The van der Waals surface area contributed by atoms with Crippen molar-refractivity contribution in [2.45, 2.75) is 56.5 Å². The minimum atomic E-state index is -0.687. The first-order valence-electron chi connectivity index (χ1n) is 11.4. The number of ether oxygens (including phenoxy) is 3. The molecule has 0 aliphatic heterocycles. The second kappa shape index (κ2) is 7.38. The molecular formula is C29H30O4. The number of carbonyl (C=O) groups is 1. The molecule has 170 valence electrons. The third-order valence-electron chi connectivity index (χ3n) is 7.54. The van der Waals surface area contributed by atoms with Crippen molar-refractivity contribution < 1.29 is 19.0 Å². The molecule has 1 spiro atoms. The van der Waals surface area contributed by atoms with Crippen LogP contribution < -0.4 is 9.47 Å². The molecule has 5 rings (SSSR count). The molecule has 0 heterocycles. The molecule has 0 saturated heterocycles. The number of benzene rings is 3. The predicted octanol–water partition coefficient (Wildman–Crippen LogP) is 6.54. The molecule has 2 unspecified atom stereocenters. The lowest BCUT2D eigenvalue weighted by Gasteiger charge is -2.38. The average Bonchev–Trinajstić information content (AvgIpc) is 3.15. The monoisotopic (exact) mass is 442 g/mol. The third kappa shape index (κ3) is 3.15. The van der Waals surface area contributed by atoms with Gasteiger partial charge in [-0.1, -0.05) is 76.2 Å². The van der Waals surface area contributed by atoms with Gasteiger partial charge in [0.15, 0.2) is 0 Å². The van der Waals surface area contributed by atoms with Crippen molar-refractivity contribution in [2.24, 2.45) is 0 Å². The van der Waals surface area contributed by atoms with Crippen LogP contribution in [0.2, 0.25) is 0 Å². The van der Waals surface area contributed by atoms with Crippen LogP contribution in [-0.2, 0) is 21.0 Å². The number of carbonyl (C=O) groups excluding carboxylic acids is 1. The van der Waals surface area contributed by atoms with E-state index in [0.29, 0.717) is 11.5 Å². The molecule has 0 amide bonds. The molecule has 2 atom stereocenters. The largest absolute Gasteiger partial charge is 0.514 e. The molecule has 0 N–H and O–H groups in total. The number of fused-ring (bicyclic) bond motifs is 4. The predicted molar refractivity (Wildman–Crippen MR) is 128 cm³/mol. The van der Waals surface area contributed by atoms with Gasteiger partial charge in [0.2, 0.25) is 0 Å². The van der Waals surface area contributed by atoms with Crippen LogP contribution in [-0.4, -0.2) is 19.4 Å². The molecular weight excluding hydrogens is 412 g/mol. The molecule has 2 aliphatic carbocycles. The van der Waals surface area contributed by atoms with Gasteiger partial charge in [0, 0.05) is 5.41 Å². The Hall–Kier alpha value is -3.27. The zero-order valence-electron chi connectivity index (χ0n) is 19.8. The van der Waals surface area contributed by atoms with E-state index in [0.717, 1.165) is 6.42 Å². The first-order chi connectivity index (χ1) is 15.7. The number of hydrogen-bond donors (Lipinski definition) is 0. The maximum Gasteiger partial charge on any atom is 0.514 e. The van der Waals surface area contributed by atoms with Crippen LogP contribution in [0.3, 0.4) is 0 Å². The highest BCUT2D eigenvalue weighted by molar-refractivity contribution is 5.68. The standard InChI is InChI=1S/C29H30O4/c1-27(2)18-29(23-12-8-6-10-21(23)27)24-13-9-7-11-22(24)28(3,4)25(29)33-26(30)32-20-16-14-19(31-5)15-17-20/h6-17,25H,18H2,1-5H3. The zero-order valence-corrected chi connectivity index (χ0v) is 19.8. The Kier molecular flexibility index (Phi) is 4.82. The summed E-state index contributed by atoms with van der Waals surface area (Å²) in [5.74, 6) is 1.13. The summed E-state index contributed by atoms with van der Waals surface area (Å²) in [5, 5.41) is 0. The summed E-state index contributed by atoms with van der Waals surface area (Å²) < 4.78 is 17.0. The van der Waals surface area contributed by atoms with Crippen LogP contribution in [0.5, 0.6) is 11.5 Å². The highest BCUT2D eigenvalue weighted by Crippen LogP contribution is 2.63. The summed E-state index contributed by atoms with van der Waals surface area (Å²) in [5.41, 5.74) is 4.16. The van der Waals surface area contributed by atoms with Crippen LogP contribution in [0.15, 0.2) is 72.8 Å². The average molecular weight is 443 g/mol. The molecule has 4 nitrogen and oxygen atoms in total. The van der Waals surface area contributed by atoms with Gasteiger partial charge >= 0.3 is 6.16 Å². The Balaban J connectivity index is 1.58. The first kappa shape index (κ1) is 21.6. The Morgan fingerprint density at radius 2 is 1.27 bits per heavy atom. The van der Waals surface area contributed by atoms with Crippen LogP contribution in [0, 0.1) is 0 Å². The van der Waals surface area contributed by atoms with Crippen LogP contribution >= 0.6 is 0 Å². The van der Waals surface area contributed by atoms with E-state index in [1.807, 2.05) is 0 Å². The highest BCUT2D eigenvalue weighted by atomic mass is 16.7. The van der Waals surface area contributed by atoms with E-state index < -0.39 is 17.7 Å². The van der Waals surface area contributed by atoms with Gasteiger partial charge in [0.1, 0.15) is 17.6 Å². The van der Waals surface area contributed by atoms with Gasteiger partial charge in [-0.15, -0.1) is 0 Å². The summed E-state index contributed by atoms with van der Waals surface area (Å²) in [6.45, 7) is 8.89. The second-order valence-corrected chi connectivity index (χ2v) is 10.4. The number of hydrogen-bond acceptors (Lipinski definition) is 4. The van der Waals surface area contributed by atoms with E-state index in [2.05, 4.69) is 76.2 Å². The molecule has 33 heavy (non-hydrogen) atoms. The number of rotatable bonds is 3. The van der Waals surface area contributed by atoms with Crippen LogP contribution in [0.25, 0.3) is 0 Å². The molecule has 3 aromatic carbocycles. The van der Waals surface area contributed by atoms with Crippen molar-refractivity contribution in [1.29, 1.82) is 0 Å². The molecule has 0 saturated carbocycles. The van der Waals surface area contributed by atoms with Crippen LogP contribution in [0.1, 0.15) is 56.4 Å². The van der Waals surface area contributed by atoms with Gasteiger partial charge in [0.05, 0.1) is 12.5 Å². The summed E-state index contributed by atoms with van der Waals surface area (Å²) in [6.07, 6.45) is -0.232. The lowest BCUT2D eigenvalue weighted by molar-refractivity contribution is -0.000464. The fourth-order valence-electron chi connectivity index (χ4n) is 6.26. The Morgan fingerprint density at radius 1 is 0.758 bits per heavy atom. The van der Waals surface area contributed by atoms with Gasteiger partial charge in [0.25, 0.3) is 0 Å². The van der Waals surface area contributed by atoms with E-state index in [-0.39, 0.29) is 10.8 Å². The molecule has 3 aromatic rings. The van der Waals surface area contributed by atoms with Crippen molar-refractivity contribution in [3.63, 3.8) is 0 Å². The second-order valence-electron chi connectivity index (χ2n) is 10.4. The van der Waals surface area contributed by atoms with Gasteiger partial charge in [-0.3, -0.25) is 0 Å². The maximum absolute atomic E-state index is 13.1. The summed E-state index contributed by atoms with van der Waals surface area (Å²) >= 11 is 0. The van der Waals surface area contributed by atoms with Crippen molar-refractivity contribution in [2.75, 3.05) is 7.11 Å². The molecule has 4 heteroatoms. The van der Waals surface area contributed by atoms with Crippen molar-refractivity contribution in [1.82, 2.24) is 0 Å². The molecule has 0 radical (unpaired) electrons. The Labute approximate surface area is 195 Å².